The van der Waals surface area contributed by atoms with Crippen LogP contribution in [0.2, 0.25) is 0 Å². The van der Waals surface area contributed by atoms with Crippen molar-refractivity contribution in [2.45, 2.75) is 148 Å². The molecule has 1 unspecified atom stereocenters. The SMILES string of the molecule is CCCCCCCCCCCC(=O)P(NC(CO)C(=O)O)C(=O)CCCCCCCCCCC. The van der Waals surface area contributed by atoms with Crippen molar-refractivity contribution in [2.24, 2.45) is 0 Å². The predicted molar refractivity (Wildman–Crippen MR) is 142 cm³/mol. The van der Waals surface area contributed by atoms with Gasteiger partial charge in [-0.2, -0.15) is 0 Å². The second-order valence-corrected chi connectivity index (χ2v) is 11.4. The van der Waals surface area contributed by atoms with Crippen LogP contribution in [0.5, 0.6) is 0 Å². The highest BCUT2D eigenvalue weighted by atomic mass is 31.1. The van der Waals surface area contributed by atoms with Gasteiger partial charge in [0, 0.05) is 12.8 Å². The quantitative estimate of drug-likeness (QED) is 0.0848. The van der Waals surface area contributed by atoms with Crippen molar-refractivity contribution < 1.29 is 24.6 Å². The molecule has 0 aliphatic heterocycles. The molecule has 200 valence electrons. The first kappa shape index (κ1) is 33.2. The Morgan fingerprint density at radius 3 is 1.24 bits per heavy atom. The summed E-state index contributed by atoms with van der Waals surface area (Å²) in [6, 6.07) is -1.27. The Morgan fingerprint density at radius 2 is 0.941 bits per heavy atom. The Morgan fingerprint density at radius 1 is 0.618 bits per heavy atom. The molecule has 0 saturated carbocycles. The Balaban J connectivity index is 4.36. The first-order valence-corrected chi connectivity index (χ1v) is 15.3. The van der Waals surface area contributed by atoms with E-state index >= 15 is 0 Å². The zero-order valence-electron chi connectivity index (χ0n) is 22.0. The summed E-state index contributed by atoms with van der Waals surface area (Å²) in [6.45, 7) is 3.78. The van der Waals surface area contributed by atoms with E-state index in [1.54, 1.807) is 0 Å². The number of unbranched alkanes of at least 4 members (excludes halogenated alkanes) is 16. The average Bonchev–Trinajstić information content (AvgIpc) is 2.82. The van der Waals surface area contributed by atoms with Crippen LogP contribution in [-0.4, -0.2) is 39.9 Å². The number of aliphatic carboxylic acids is 1. The molecule has 1 atom stereocenters. The van der Waals surface area contributed by atoms with Crippen molar-refractivity contribution >= 4 is 25.1 Å². The zero-order valence-corrected chi connectivity index (χ0v) is 22.9. The van der Waals surface area contributed by atoms with E-state index in [1.807, 2.05) is 0 Å². The maximum Gasteiger partial charge on any atom is 0.323 e. The van der Waals surface area contributed by atoms with Crippen LogP contribution >= 0.6 is 8.07 Å². The van der Waals surface area contributed by atoms with E-state index in [1.165, 1.54) is 77.0 Å². The first-order chi connectivity index (χ1) is 16.5. The van der Waals surface area contributed by atoms with Gasteiger partial charge in [-0.15, -0.1) is 0 Å². The van der Waals surface area contributed by atoms with E-state index in [9.17, 15) is 24.6 Å². The lowest BCUT2D eigenvalue weighted by Crippen LogP contribution is -2.39. The van der Waals surface area contributed by atoms with Crippen molar-refractivity contribution in [3.05, 3.63) is 0 Å². The third-order valence-electron chi connectivity index (χ3n) is 6.25. The third kappa shape index (κ3) is 18.5. The lowest BCUT2D eigenvalue weighted by molar-refractivity contribution is -0.139. The molecule has 0 heterocycles. The highest BCUT2D eigenvalue weighted by Crippen LogP contribution is 2.38. The van der Waals surface area contributed by atoms with Crippen LogP contribution in [-0.2, 0) is 14.4 Å². The van der Waals surface area contributed by atoms with Crippen LogP contribution in [0.25, 0.3) is 0 Å². The zero-order chi connectivity index (χ0) is 25.4. The van der Waals surface area contributed by atoms with Crippen molar-refractivity contribution in [1.82, 2.24) is 5.09 Å². The van der Waals surface area contributed by atoms with E-state index in [0.717, 1.165) is 38.5 Å². The van der Waals surface area contributed by atoms with E-state index in [2.05, 4.69) is 18.9 Å². The molecule has 3 N–H and O–H groups in total. The average molecular weight is 502 g/mol. The summed E-state index contributed by atoms with van der Waals surface area (Å²) in [5, 5.41) is 21.3. The van der Waals surface area contributed by atoms with Gasteiger partial charge in [-0.25, -0.2) is 0 Å². The highest BCUT2D eigenvalue weighted by Gasteiger charge is 2.30. The van der Waals surface area contributed by atoms with Crippen LogP contribution in [0, 0.1) is 0 Å². The minimum absolute atomic E-state index is 0.182. The van der Waals surface area contributed by atoms with E-state index in [0.29, 0.717) is 12.8 Å². The minimum Gasteiger partial charge on any atom is -0.480 e. The fraction of sp³-hybridized carbons (Fsp3) is 0.889. The molecule has 0 amide bonds. The van der Waals surface area contributed by atoms with Gasteiger partial charge in [0.1, 0.15) is 14.1 Å². The number of rotatable bonds is 26. The lowest BCUT2D eigenvalue weighted by Gasteiger charge is -2.20. The van der Waals surface area contributed by atoms with Gasteiger partial charge < -0.3 is 10.2 Å². The normalized spacial score (nSPS) is 12.2. The van der Waals surface area contributed by atoms with Gasteiger partial charge in [0.2, 0.25) is 0 Å². The second kappa shape index (κ2) is 23.9. The largest absolute Gasteiger partial charge is 0.480 e. The van der Waals surface area contributed by atoms with Gasteiger partial charge in [-0.05, 0) is 12.8 Å². The molecule has 0 spiro atoms. The summed E-state index contributed by atoms with van der Waals surface area (Å²) in [4.78, 5) is 36.9. The maximum absolute atomic E-state index is 12.8. The van der Waals surface area contributed by atoms with Gasteiger partial charge in [-0.1, -0.05) is 117 Å². The molecule has 0 aromatic heterocycles. The molecule has 0 aromatic carbocycles. The Kier molecular flexibility index (Phi) is 23.3. The summed E-state index contributed by atoms with van der Waals surface area (Å²) in [7, 11) is -1.90. The molecule has 0 saturated heterocycles. The fourth-order valence-electron chi connectivity index (χ4n) is 4.01. The van der Waals surface area contributed by atoms with Crippen molar-refractivity contribution in [2.75, 3.05) is 6.61 Å². The highest BCUT2D eigenvalue weighted by molar-refractivity contribution is 7.87. The number of carbonyl (C=O) groups excluding carboxylic acids is 2. The summed E-state index contributed by atoms with van der Waals surface area (Å²) < 4.78 is 0. The topological polar surface area (TPSA) is 104 Å². The molecule has 0 bridgehead atoms. The van der Waals surface area contributed by atoms with Crippen LogP contribution in [0.15, 0.2) is 0 Å². The summed E-state index contributed by atoms with van der Waals surface area (Å²) in [6.07, 6.45) is 21.2. The first-order valence-electron chi connectivity index (χ1n) is 13.9. The van der Waals surface area contributed by atoms with Crippen molar-refractivity contribution in [3.8, 4) is 0 Å². The lowest BCUT2D eigenvalue weighted by atomic mass is 10.1. The fourth-order valence-corrected chi connectivity index (χ4v) is 5.84. The number of hydrogen-bond acceptors (Lipinski definition) is 5. The monoisotopic (exact) mass is 501 g/mol. The number of aliphatic hydroxyl groups is 1. The van der Waals surface area contributed by atoms with Crippen LogP contribution in [0.4, 0.5) is 0 Å². The number of nitrogens with one attached hydrogen (secondary N) is 1. The van der Waals surface area contributed by atoms with E-state index < -0.39 is 26.7 Å². The van der Waals surface area contributed by atoms with Gasteiger partial charge in [-0.3, -0.25) is 19.5 Å². The second-order valence-electron chi connectivity index (χ2n) is 9.48. The number of aliphatic hydroxyl groups excluding tert-OH is 1. The molecule has 6 nitrogen and oxygen atoms in total. The molecule has 7 heteroatoms. The van der Waals surface area contributed by atoms with E-state index in [4.69, 9.17) is 0 Å². The molecule has 0 radical (unpaired) electrons. The molecule has 0 fully saturated rings. The van der Waals surface area contributed by atoms with Crippen molar-refractivity contribution in [1.29, 1.82) is 0 Å². The predicted octanol–water partition coefficient (Wildman–Crippen LogP) is 7.31. The maximum atomic E-state index is 12.8. The molecular formula is C27H52NO5P. The smallest absolute Gasteiger partial charge is 0.323 e. The minimum atomic E-state index is -1.90. The third-order valence-corrected chi connectivity index (χ3v) is 8.27. The molecule has 0 rings (SSSR count). The molecule has 0 aliphatic carbocycles. The molecule has 34 heavy (non-hydrogen) atoms. The number of hydrogen-bond donors (Lipinski definition) is 3. The molecule has 0 aromatic rings. The van der Waals surface area contributed by atoms with E-state index in [-0.39, 0.29) is 11.0 Å². The van der Waals surface area contributed by atoms with Crippen LogP contribution in [0.1, 0.15) is 142 Å². The number of carboxylic acid groups (broad SMARTS) is 1. The molecule has 0 aliphatic rings. The Hall–Kier alpha value is -0.840. The summed E-state index contributed by atoms with van der Waals surface area (Å²) in [5.41, 5.74) is -0.364. The van der Waals surface area contributed by atoms with Crippen LogP contribution < -0.4 is 5.09 Å². The summed E-state index contributed by atoms with van der Waals surface area (Å²) >= 11 is 0. The van der Waals surface area contributed by atoms with Gasteiger partial charge in [0.25, 0.3) is 0 Å². The van der Waals surface area contributed by atoms with Crippen molar-refractivity contribution in [3.63, 3.8) is 0 Å². The molecular weight excluding hydrogens is 449 g/mol. The van der Waals surface area contributed by atoms with Gasteiger partial charge in [0.05, 0.1) is 6.61 Å². The van der Waals surface area contributed by atoms with Gasteiger partial charge >= 0.3 is 5.97 Å². The standard InChI is InChI=1S/C27H52NO5P/c1-3-5-7-9-11-13-15-17-19-21-25(30)34(28-24(23-29)27(32)33)26(31)22-20-18-16-14-12-10-8-6-4-2/h24,28-29H,3-23H2,1-2H3,(H,32,33). The van der Waals surface area contributed by atoms with Crippen LogP contribution in [0.3, 0.4) is 0 Å². The van der Waals surface area contributed by atoms with Gasteiger partial charge in [0.15, 0.2) is 11.0 Å². The Bertz CT molecular complexity index is 495. The summed E-state index contributed by atoms with van der Waals surface area (Å²) in [5.74, 6) is -1.23. The number of carboxylic acids is 1. The Labute approximate surface area is 209 Å². The number of carbonyl (C=O) groups is 3.